The monoisotopic (exact) mass is 214 g/mol. The molecule has 0 amide bonds. The van der Waals surface area contributed by atoms with Gasteiger partial charge in [-0.1, -0.05) is 20.8 Å². The molecular weight excluding hydrogens is 192 g/mol. The third kappa shape index (κ3) is 2.61. The summed E-state index contributed by atoms with van der Waals surface area (Å²) in [4.78, 5) is 0. The van der Waals surface area contributed by atoms with Gasteiger partial charge < -0.3 is 9.53 Å². The molecule has 0 aromatic carbocycles. The van der Waals surface area contributed by atoms with Crippen LogP contribution in [0.4, 0.5) is 0 Å². The van der Waals surface area contributed by atoms with Crippen LogP contribution in [0.3, 0.4) is 0 Å². The fourth-order valence-electron chi connectivity index (χ4n) is 1.35. The predicted molar refractivity (Wildman–Crippen MR) is 62.0 cm³/mol. The van der Waals surface area contributed by atoms with E-state index in [1.165, 1.54) is 0 Å². The first kappa shape index (κ1) is 11.8. The van der Waals surface area contributed by atoms with Crippen molar-refractivity contribution in [3.63, 3.8) is 0 Å². The first-order valence-electron chi connectivity index (χ1n) is 5.28. The number of hydrogen-bond acceptors (Lipinski definition) is 2. The summed E-state index contributed by atoms with van der Waals surface area (Å²) in [5.74, 6) is 0.494. The van der Waals surface area contributed by atoms with Gasteiger partial charge in [-0.15, -0.1) is 0 Å². The zero-order valence-corrected chi connectivity index (χ0v) is 10.9. The van der Waals surface area contributed by atoms with E-state index in [-0.39, 0.29) is 11.1 Å². The normalized spacial score (nSPS) is 23.8. The Hall–Kier alpha value is -0.283. The first-order chi connectivity index (χ1) is 6.22. The maximum Gasteiger partial charge on any atom is 0.192 e. The highest BCUT2D eigenvalue weighted by atomic mass is 28.4. The molecule has 14 heavy (non-hydrogen) atoms. The summed E-state index contributed by atoms with van der Waals surface area (Å²) in [7, 11) is -1.64. The van der Waals surface area contributed by atoms with Crippen LogP contribution in [0.5, 0.6) is 0 Å². The fourth-order valence-corrected chi connectivity index (χ4v) is 2.72. The Morgan fingerprint density at radius 2 is 2.00 bits per heavy atom. The number of aliphatic hydroxyl groups is 1. The van der Waals surface area contributed by atoms with Gasteiger partial charge in [-0.25, -0.2) is 0 Å². The quantitative estimate of drug-likeness (QED) is 0.712. The molecule has 0 radical (unpaired) electrons. The third-order valence-corrected chi connectivity index (χ3v) is 7.86. The minimum Gasteiger partial charge on any atom is -0.513 e. The van der Waals surface area contributed by atoms with E-state index in [0.717, 1.165) is 6.42 Å². The van der Waals surface area contributed by atoms with Gasteiger partial charge in [0.2, 0.25) is 0 Å². The number of hydrogen-bond donors (Lipinski definition) is 1. The summed E-state index contributed by atoms with van der Waals surface area (Å²) in [5.41, 5.74) is 0. The van der Waals surface area contributed by atoms with Crippen LogP contribution in [0.2, 0.25) is 18.1 Å². The molecule has 1 rings (SSSR count). The van der Waals surface area contributed by atoms with Gasteiger partial charge in [0.15, 0.2) is 8.32 Å². The van der Waals surface area contributed by atoms with E-state index in [2.05, 4.69) is 33.9 Å². The maximum atomic E-state index is 9.30. The van der Waals surface area contributed by atoms with E-state index in [4.69, 9.17) is 4.43 Å². The highest BCUT2D eigenvalue weighted by Crippen LogP contribution is 2.39. The van der Waals surface area contributed by atoms with Crippen molar-refractivity contribution in [3.05, 3.63) is 11.8 Å². The number of aliphatic hydroxyl groups excluding tert-OH is 1. The molecule has 1 N–H and O–H groups in total. The largest absolute Gasteiger partial charge is 0.513 e. The van der Waals surface area contributed by atoms with Crippen LogP contribution in [-0.4, -0.2) is 19.5 Å². The van der Waals surface area contributed by atoms with E-state index in [1.807, 2.05) is 6.08 Å². The SMILES string of the molecule is CC(C)(C)[Si](C)(C)O[C@@H]1CC=C(O)C1. The summed E-state index contributed by atoms with van der Waals surface area (Å²) in [6.07, 6.45) is 3.67. The molecule has 3 heteroatoms. The molecule has 1 atom stereocenters. The summed E-state index contributed by atoms with van der Waals surface area (Å²) < 4.78 is 6.16. The van der Waals surface area contributed by atoms with E-state index in [9.17, 15) is 5.11 Å². The Morgan fingerprint density at radius 3 is 2.36 bits per heavy atom. The smallest absolute Gasteiger partial charge is 0.192 e. The van der Waals surface area contributed by atoms with E-state index >= 15 is 0 Å². The summed E-state index contributed by atoms with van der Waals surface area (Å²) >= 11 is 0. The molecule has 0 fully saturated rings. The van der Waals surface area contributed by atoms with Crippen molar-refractivity contribution in [2.45, 2.75) is 57.8 Å². The lowest BCUT2D eigenvalue weighted by molar-refractivity contribution is 0.182. The zero-order valence-electron chi connectivity index (χ0n) is 9.92. The van der Waals surface area contributed by atoms with Crippen LogP contribution < -0.4 is 0 Å². The van der Waals surface area contributed by atoms with Crippen LogP contribution >= 0.6 is 0 Å². The first-order valence-corrected chi connectivity index (χ1v) is 8.19. The van der Waals surface area contributed by atoms with Gasteiger partial charge in [0.05, 0.1) is 11.9 Å². The Kier molecular flexibility index (Phi) is 3.12. The Balaban J connectivity index is 2.53. The minimum absolute atomic E-state index is 0.218. The topological polar surface area (TPSA) is 29.5 Å². The number of rotatable bonds is 2. The summed E-state index contributed by atoms with van der Waals surface area (Å²) in [5, 5.41) is 9.55. The highest BCUT2D eigenvalue weighted by molar-refractivity contribution is 6.74. The van der Waals surface area contributed by atoms with Gasteiger partial charge in [0, 0.05) is 6.42 Å². The van der Waals surface area contributed by atoms with Crippen molar-refractivity contribution >= 4 is 8.32 Å². The molecule has 0 aliphatic heterocycles. The molecule has 82 valence electrons. The van der Waals surface area contributed by atoms with Gasteiger partial charge in [0.1, 0.15) is 0 Å². The standard InChI is InChI=1S/C11H22O2Si/c1-11(2,3)14(4,5)13-10-7-6-9(12)8-10/h6,10,12H,7-8H2,1-5H3/t10-/m1/s1. The Labute approximate surface area is 88.1 Å². The van der Waals surface area contributed by atoms with Crippen molar-refractivity contribution in [2.24, 2.45) is 0 Å². The summed E-state index contributed by atoms with van der Waals surface area (Å²) in [6.45, 7) is 11.2. The van der Waals surface area contributed by atoms with Crippen molar-refractivity contribution in [1.29, 1.82) is 0 Å². The fraction of sp³-hybridized carbons (Fsp3) is 0.818. The molecule has 0 saturated carbocycles. The molecular formula is C11H22O2Si. The van der Waals surface area contributed by atoms with E-state index < -0.39 is 8.32 Å². The molecule has 1 aliphatic carbocycles. The molecule has 1 aliphatic rings. The van der Waals surface area contributed by atoms with Crippen LogP contribution in [-0.2, 0) is 4.43 Å². The highest BCUT2D eigenvalue weighted by Gasteiger charge is 2.39. The Bertz CT molecular complexity index is 238. The molecule has 0 aromatic heterocycles. The van der Waals surface area contributed by atoms with Crippen LogP contribution in [0.25, 0.3) is 0 Å². The second kappa shape index (κ2) is 3.70. The van der Waals surface area contributed by atoms with Crippen LogP contribution in [0.1, 0.15) is 33.6 Å². The van der Waals surface area contributed by atoms with Crippen LogP contribution in [0.15, 0.2) is 11.8 Å². The van der Waals surface area contributed by atoms with Crippen molar-refractivity contribution in [2.75, 3.05) is 0 Å². The van der Waals surface area contributed by atoms with Crippen molar-refractivity contribution in [3.8, 4) is 0 Å². The van der Waals surface area contributed by atoms with Gasteiger partial charge in [-0.2, -0.15) is 0 Å². The van der Waals surface area contributed by atoms with Gasteiger partial charge in [-0.05, 0) is 30.6 Å². The molecule has 2 nitrogen and oxygen atoms in total. The second-order valence-corrected chi connectivity index (χ2v) is 10.4. The molecule has 0 unspecified atom stereocenters. The van der Waals surface area contributed by atoms with E-state index in [1.54, 1.807) is 0 Å². The van der Waals surface area contributed by atoms with Crippen molar-refractivity contribution < 1.29 is 9.53 Å². The predicted octanol–water partition coefficient (Wildman–Crippen LogP) is 3.61. The van der Waals surface area contributed by atoms with Gasteiger partial charge >= 0.3 is 0 Å². The molecule has 0 heterocycles. The molecule has 0 saturated heterocycles. The van der Waals surface area contributed by atoms with Gasteiger partial charge in [-0.3, -0.25) is 0 Å². The summed E-state index contributed by atoms with van der Waals surface area (Å²) in [6, 6.07) is 0. The van der Waals surface area contributed by atoms with Crippen LogP contribution in [0, 0.1) is 0 Å². The molecule has 0 bridgehead atoms. The minimum atomic E-state index is -1.64. The lowest BCUT2D eigenvalue weighted by Gasteiger charge is -2.38. The third-order valence-electron chi connectivity index (χ3n) is 3.32. The van der Waals surface area contributed by atoms with E-state index in [0.29, 0.717) is 12.2 Å². The molecule has 0 aromatic rings. The zero-order chi connectivity index (χ0) is 11.0. The second-order valence-electron chi connectivity index (χ2n) is 5.64. The molecule has 0 spiro atoms. The average Bonchev–Trinajstić information content (AvgIpc) is 2.31. The maximum absolute atomic E-state index is 9.30. The average molecular weight is 214 g/mol. The lowest BCUT2D eigenvalue weighted by atomic mass is 10.2. The Morgan fingerprint density at radius 1 is 1.43 bits per heavy atom. The lowest BCUT2D eigenvalue weighted by Crippen LogP contribution is -2.43. The van der Waals surface area contributed by atoms with Gasteiger partial charge in [0.25, 0.3) is 0 Å². The van der Waals surface area contributed by atoms with Crippen molar-refractivity contribution in [1.82, 2.24) is 0 Å².